The third-order valence-electron chi connectivity index (χ3n) is 10.9. The lowest BCUT2D eigenvalue weighted by Gasteiger charge is -2.38. The summed E-state index contributed by atoms with van der Waals surface area (Å²) in [5, 5.41) is 0.488. The summed E-state index contributed by atoms with van der Waals surface area (Å²) in [7, 11) is 0. The van der Waals surface area contributed by atoms with Gasteiger partial charge in [-0.15, -0.1) is 11.6 Å². The summed E-state index contributed by atoms with van der Waals surface area (Å²) < 4.78 is 102. The molecule has 0 aliphatic carbocycles. The van der Waals surface area contributed by atoms with Crippen LogP contribution in [0.3, 0.4) is 0 Å². The Morgan fingerprint density at radius 2 is 0.852 bits per heavy atom. The van der Waals surface area contributed by atoms with E-state index in [1.165, 1.54) is 24.3 Å². The predicted molar refractivity (Wildman–Crippen MR) is 225 cm³/mol. The smallest absolute Gasteiger partial charge is 0.411 e. The van der Waals surface area contributed by atoms with Gasteiger partial charge in [-0.1, -0.05) is 105 Å². The number of benzene rings is 6. The minimum Gasteiger partial charge on any atom is -0.486 e. The maximum absolute atomic E-state index is 15.0. The minimum atomic E-state index is -5.81. The zero-order valence-corrected chi connectivity index (χ0v) is 34.7. The molecular weight excluding hydrogens is 837 g/mol. The molecule has 61 heavy (non-hydrogen) atoms. The van der Waals surface area contributed by atoms with Crippen molar-refractivity contribution in [1.82, 2.24) is 0 Å². The van der Waals surface area contributed by atoms with Crippen LogP contribution in [-0.2, 0) is 10.3 Å². The van der Waals surface area contributed by atoms with Gasteiger partial charge in [-0.05, 0) is 114 Å². The number of rotatable bonds is 15. The third kappa shape index (κ3) is 9.36. The molecule has 0 aliphatic rings. The predicted octanol–water partition coefficient (Wildman–Crippen LogP) is 14.8. The number of halogens is 8. The van der Waals surface area contributed by atoms with Crippen molar-refractivity contribution in [2.75, 3.05) is 0 Å². The Balaban J connectivity index is 1.18. The van der Waals surface area contributed by atoms with Crippen LogP contribution in [0.4, 0.5) is 26.3 Å². The maximum Gasteiger partial charge on any atom is 0.411 e. The summed E-state index contributed by atoms with van der Waals surface area (Å²) in [5.74, 6) is -0.256. The molecule has 1 atom stereocenters. The topological polar surface area (TPSA) is 52.6 Å². The van der Waals surface area contributed by atoms with Gasteiger partial charge in [-0.25, -0.2) is 0 Å². The first-order valence-electron chi connectivity index (χ1n) is 19.5. The van der Waals surface area contributed by atoms with Crippen molar-refractivity contribution in [3.63, 3.8) is 0 Å². The molecule has 0 spiro atoms. The zero-order valence-electron chi connectivity index (χ0n) is 33.2. The fraction of sp³-hybridized carbons (Fsp3) is 0.224. The monoisotopic (exact) mass is 876 g/mol. The largest absolute Gasteiger partial charge is 0.486 e. The first-order chi connectivity index (χ1) is 28.9. The Morgan fingerprint density at radius 1 is 0.508 bits per heavy atom. The molecular formula is C49H40Cl2F6O4. The van der Waals surface area contributed by atoms with Crippen LogP contribution in [0.2, 0.25) is 5.02 Å². The number of ketones is 2. The Bertz CT molecular complexity index is 2410. The van der Waals surface area contributed by atoms with Crippen LogP contribution in [0.1, 0.15) is 100 Å². The number of hydrogen-bond acceptors (Lipinski definition) is 4. The highest BCUT2D eigenvalue weighted by Gasteiger charge is 2.72. The molecule has 6 aromatic rings. The second-order valence-electron chi connectivity index (χ2n) is 14.5. The molecule has 0 aliphatic heterocycles. The molecule has 0 bridgehead atoms. The van der Waals surface area contributed by atoms with Crippen molar-refractivity contribution in [3.8, 4) is 17.2 Å². The lowest BCUT2D eigenvalue weighted by Crippen LogP contribution is -2.54. The Hall–Kier alpha value is -5.58. The molecule has 0 radical (unpaired) electrons. The first kappa shape index (κ1) is 45.0. The summed E-state index contributed by atoms with van der Waals surface area (Å²) in [5.41, 5.74) is -3.33. The van der Waals surface area contributed by atoms with Gasteiger partial charge in [0.1, 0.15) is 23.4 Å². The molecule has 0 saturated carbocycles. The molecule has 0 fully saturated rings. The second-order valence-corrected chi connectivity index (χ2v) is 15.6. The molecule has 0 aromatic heterocycles. The summed E-state index contributed by atoms with van der Waals surface area (Å²) in [4.78, 5) is 25.5. The zero-order chi connectivity index (χ0) is 44.2. The van der Waals surface area contributed by atoms with Crippen LogP contribution in [0.25, 0.3) is 0 Å². The van der Waals surface area contributed by atoms with Crippen LogP contribution in [0.15, 0.2) is 146 Å². The van der Waals surface area contributed by atoms with E-state index in [-0.39, 0.29) is 28.8 Å². The quantitative estimate of drug-likeness (QED) is 0.0586. The average Bonchev–Trinajstić information content (AvgIpc) is 3.26. The van der Waals surface area contributed by atoms with Crippen molar-refractivity contribution < 1.29 is 45.4 Å². The molecule has 0 amide bonds. The highest BCUT2D eigenvalue weighted by Crippen LogP contribution is 2.56. The molecule has 6 aromatic carbocycles. The van der Waals surface area contributed by atoms with E-state index in [1.807, 2.05) is 26.0 Å². The van der Waals surface area contributed by atoms with E-state index in [0.29, 0.717) is 39.3 Å². The molecule has 316 valence electrons. The standard InChI is InChI=1S/C49H40Cl2F6O4/c1-4-43(31-7-9-32(10-8-31)44(58)34-13-23-39(50)24-14-34)61-42-29-21-38(22-30-42)47(48(52,53)54,49(55,56)57)37-19-27-41(28-20-37)60-40-25-15-35(16-26-40)45(59)33-11-17-36(18-12-33)46(51,5-2)6-3/h7-30,43H,4-6H2,1-3H3. The lowest BCUT2D eigenvalue weighted by molar-refractivity contribution is -0.288. The van der Waals surface area contributed by atoms with E-state index < -0.39 is 39.9 Å². The number of ether oxygens (including phenoxy) is 2. The second kappa shape index (κ2) is 18.2. The van der Waals surface area contributed by atoms with Gasteiger partial charge in [0.25, 0.3) is 0 Å². The summed E-state index contributed by atoms with van der Waals surface area (Å²) in [6, 6.07) is 33.3. The fourth-order valence-corrected chi connectivity index (χ4v) is 7.51. The average molecular weight is 878 g/mol. The number of hydrogen-bond donors (Lipinski definition) is 0. The SMILES string of the molecule is CCC(Oc1ccc(C(c2ccc(Oc3ccc(C(=O)c4ccc(C(Cl)(CC)CC)cc4)cc3)cc2)(C(F)(F)F)C(F)(F)F)cc1)c1ccc(C(=O)c2ccc(Cl)cc2)cc1. The van der Waals surface area contributed by atoms with Crippen LogP contribution in [0, 0.1) is 0 Å². The summed E-state index contributed by atoms with van der Waals surface area (Å²) >= 11 is 12.6. The molecule has 4 nitrogen and oxygen atoms in total. The number of carbonyl (C=O) groups is 2. The lowest BCUT2D eigenvalue weighted by atomic mass is 9.73. The van der Waals surface area contributed by atoms with Gasteiger partial charge in [-0.2, -0.15) is 26.3 Å². The van der Waals surface area contributed by atoms with Crippen molar-refractivity contribution in [2.24, 2.45) is 0 Å². The van der Waals surface area contributed by atoms with E-state index in [2.05, 4.69) is 0 Å². The van der Waals surface area contributed by atoms with E-state index in [9.17, 15) is 35.9 Å². The van der Waals surface area contributed by atoms with Gasteiger partial charge in [-0.3, -0.25) is 9.59 Å². The van der Waals surface area contributed by atoms with E-state index >= 15 is 0 Å². The molecule has 1 unspecified atom stereocenters. The molecule has 0 saturated heterocycles. The maximum atomic E-state index is 15.0. The highest BCUT2D eigenvalue weighted by molar-refractivity contribution is 6.30. The molecule has 0 heterocycles. The van der Waals surface area contributed by atoms with Crippen LogP contribution < -0.4 is 9.47 Å². The molecule has 6 rings (SSSR count). The van der Waals surface area contributed by atoms with Gasteiger partial charge in [0.15, 0.2) is 11.6 Å². The normalized spacial score (nSPS) is 12.8. The molecule has 0 N–H and O–H groups in total. The van der Waals surface area contributed by atoms with E-state index in [0.717, 1.165) is 66.9 Å². The summed E-state index contributed by atoms with van der Waals surface area (Å²) in [6.07, 6.45) is -10.4. The van der Waals surface area contributed by atoms with Gasteiger partial charge in [0.05, 0.1) is 4.87 Å². The van der Waals surface area contributed by atoms with Crippen molar-refractivity contribution in [3.05, 3.63) is 195 Å². The third-order valence-corrected chi connectivity index (χ3v) is 11.9. The van der Waals surface area contributed by atoms with Crippen LogP contribution in [-0.4, -0.2) is 23.9 Å². The van der Waals surface area contributed by atoms with Gasteiger partial charge < -0.3 is 9.47 Å². The van der Waals surface area contributed by atoms with Crippen molar-refractivity contribution in [1.29, 1.82) is 0 Å². The van der Waals surface area contributed by atoms with Gasteiger partial charge in [0, 0.05) is 27.3 Å². The van der Waals surface area contributed by atoms with Gasteiger partial charge >= 0.3 is 12.4 Å². The minimum absolute atomic E-state index is 0.0233. The van der Waals surface area contributed by atoms with Crippen LogP contribution in [0.5, 0.6) is 17.2 Å². The van der Waals surface area contributed by atoms with E-state index in [4.69, 9.17) is 32.7 Å². The van der Waals surface area contributed by atoms with Crippen molar-refractivity contribution in [2.45, 2.75) is 68.8 Å². The Labute approximate surface area is 360 Å². The summed E-state index contributed by atoms with van der Waals surface area (Å²) in [6.45, 7) is 5.79. The Morgan fingerprint density at radius 3 is 1.25 bits per heavy atom. The first-order valence-corrected chi connectivity index (χ1v) is 20.2. The fourth-order valence-electron chi connectivity index (χ4n) is 7.26. The van der Waals surface area contributed by atoms with Crippen molar-refractivity contribution >= 4 is 34.8 Å². The number of carbonyl (C=O) groups excluding carboxylic acids is 2. The van der Waals surface area contributed by atoms with E-state index in [1.54, 1.807) is 67.6 Å². The molecule has 12 heteroatoms. The van der Waals surface area contributed by atoms with Gasteiger partial charge in [0.2, 0.25) is 5.41 Å². The Kier molecular flexibility index (Phi) is 13.4. The highest BCUT2D eigenvalue weighted by atomic mass is 35.5. The number of alkyl halides is 7. The van der Waals surface area contributed by atoms with Crippen LogP contribution >= 0.6 is 23.2 Å².